The number of nitrogens with zero attached hydrogens (tertiary/aromatic N) is 2. The van der Waals surface area contributed by atoms with Crippen LogP contribution in [-0.2, 0) is 9.47 Å². The van der Waals surface area contributed by atoms with Crippen molar-refractivity contribution in [2.45, 2.75) is 19.4 Å². The molecule has 0 radical (unpaired) electrons. The number of morpholine rings is 1. The van der Waals surface area contributed by atoms with Crippen LogP contribution in [-0.4, -0.2) is 74.5 Å². The van der Waals surface area contributed by atoms with E-state index in [2.05, 4.69) is 10.2 Å². The van der Waals surface area contributed by atoms with E-state index in [4.69, 9.17) is 13.9 Å². The molecule has 3 heterocycles. The van der Waals surface area contributed by atoms with Crippen LogP contribution in [0.25, 0.3) is 11.0 Å². The molecule has 2 aliphatic rings. The molecule has 27 heavy (non-hydrogen) atoms. The summed E-state index contributed by atoms with van der Waals surface area (Å²) in [6.45, 7) is 8.10. The van der Waals surface area contributed by atoms with Crippen molar-refractivity contribution in [2.75, 3.05) is 57.9 Å². The molecule has 0 saturated carbocycles. The van der Waals surface area contributed by atoms with Crippen molar-refractivity contribution in [2.24, 2.45) is 0 Å². The molecular formula is C20H27N3O4. The van der Waals surface area contributed by atoms with Gasteiger partial charge in [-0.25, -0.2) is 4.79 Å². The van der Waals surface area contributed by atoms with E-state index in [1.54, 1.807) is 0 Å². The number of carbonyl (C=O) groups is 1. The summed E-state index contributed by atoms with van der Waals surface area (Å²) < 4.78 is 17.2. The standard InChI is InChI=1S/C20H27N3O4/c1-15-12-16-4-2-5-18(19(16)27-15)21-20(24)23-6-3-9-26-17(14-23)13-22-7-10-25-11-8-22/h2,4-5,12,17H,3,6-11,13-14H2,1H3,(H,21,24)/t17-/m1/s1. The molecule has 1 aromatic carbocycles. The first kappa shape index (κ1) is 18.3. The minimum absolute atomic E-state index is 0.0259. The predicted molar refractivity (Wildman–Crippen MR) is 103 cm³/mol. The maximum absolute atomic E-state index is 12.9. The molecule has 4 rings (SSSR count). The SMILES string of the molecule is Cc1cc2cccc(NC(=O)N3CCCO[C@H](CN4CCOCC4)C3)c2o1. The van der Waals surface area contributed by atoms with Gasteiger partial charge in [-0.15, -0.1) is 0 Å². The van der Waals surface area contributed by atoms with Gasteiger partial charge in [-0.3, -0.25) is 4.90 Å². The molecule has 2 amide bonds. The number of anilines is 1. The first-order chi connectivity index (χ1) is 13.2. The van der Waals surface area contributed by atoms with Crippen molar-refractivity contribution in [1.29, 1.82) is 0 Å². The summed E-state index contributed by atoms with van der Waals surface area (Å²) in [6.07, 6.45) is 0.870. The van der Waals surface area contributed by atoms with Gasteiger partial charge in [-0.1, -0.05) is 12.1 Å². The maximum atomic E-state index is 12.9. The highest BCUT2D eigenvalue weighted by molar-refractivity contribution is 5.99. The lowest BCUT2D eigenvalue weighted by atomic mass is 10.2. The van der Waals surface area contributed by atoms with Crippen LogP contribution in [0.15, 0.2) is 28.7 Å². The molecule has 2 aliphatic heterocycles. The summed E-state index contributed by atoms with van der Waals surface area (Å²) in [7, 11) is 0. The zero-order chi connectivity index (χ0) is 18.6. The average molecular weight is 373 g/mol. The zero-order valence-corrected chi connectivity index (χ0v) is 15.8. The molecule has 1 aromatic heterocycles. The number of fused-ring (bicyclic) bond motifs is 1. The van der Waals surface area contributed by atoms with E-state index in [0.717, 1.165) is 56.0 Å². The normalized spacial score (nSPS) is 22.0. The van der Waals surface area contributed by atoms with Gasteiger partial charge >= 0.3 is 6.03 Å². The van der Waals surface area contributed by atoms with Crippen LogP contribution in [0.5, 0.6) is 0 Å². The largest absolute Gasteiger partial charge is 0.459 e. The highest BCUT2D eigenvalue weighted by Gasteiger charge is 2.25. The first-order valence-electron chi connectivity index (χ1n) is 9.66. The summed E-state index contributed by atoms with van der Waals surface area (Å²) in [5.41, 5.74) is 1.43. The minimum Gasteiger partial charge on any atom is -0.459 e. The molecule has 146 valence electrons. The summed E-state index contributed by atoms with van der Waals surface area (Å²) >= 11 is 0. The van der Waals surface area contributed by atoms with Gasteiger partial charge in [0.05, 0.1) is 25.0 Å². The lowest BCUT2D eigenvalue weighted by Gasteiger charge is -2.31. The van der Waals surface area contributed by atoms with Crippen molar-refractivity contribution in [3.8, 4) is 0 Å². The predicted octanol–water partition coefficient (Wildman–Crippen LogP) is 2.70. The van der Waals surface area contributed by atoms with Crippen molar-refractivity contribution >= 4 is 22.7 Å². The highest BCUT2D eigenvalue weighted by Crippen LogP contribution is 2.27. The van der Waals surface area contributed by atoms with E-state index in [9.17, 15) is 4.79 Å². The molecule has 2 fully saturated rings. The van der Waals surface area contributed by atoms with Gasteiger partial charge in [0.1, 0.15) is 5.76 Å². The van der Waals surface area contributed by atoms with Gasteiger partial charge in [0.15, 0.2) is 5.58 Å². The van der Waals surface area contributed by atoms with E-state index in [0.29, 0.717) is 25.4 Å². The third kappa shape index (κ3) is 4.43. The number of para-hydroxylation sites is 1. The number of nitrogens with one attached hydrogen (secondary N) is 1. The van der Waals surface area contributed by atoms with E-state index < -0.39 is 0 Å². The molecule has 0 spiro atoms. The number of amides is 2. The summed E-state index contributed by atoms with van der Waals surface area (Å²) in [5.74, 6) is 0.834. The van der Waals surface area contributed by atoms with E-state index in [-0.39, 0.29) is 12.1 Å². The number of rotatable bonds is 3. The quantitative estimate of drug-likeness (QED) is 0.896. The van der Waals surface area contributed by atoms with Gasteiger partial charge in [0.2, 0.25) is 0 Å². The second-order valence-corrected chi connectivity index (χ2v) is 7.22. The van der Waals surface area contributed by atoms with Gasteiger partial charge in [-0.05, 0) is 25.5 Å². The second kappa shape index (κ2) is 8.29. The number of ether oxygens (including phenoxy) is 2. The lowest BCUT2D eigenvalue weighted by molar-refractivity contribution is -0.00983. The Kier molecular flexibility index (Phi) is 5.61. The van der Waals surface area contributed by atoms with E-state index >= 15 is 0 Å². The Bertz CT molecular complexity index is 785. The first-order valence-corrected chi connectivity index (χ1v) is 9.66. The van der Waals surface area contributed by atoms with Crippen LogP contribution >= 0.6 is 0 Å². The number of aryl methyl sites for hydroxylation is 1. The summed E-state index contributed by atoms with van der Waals surface area (Å²) in [5, 5.41) is 4.02. The van der Waals surface area contributed by atoms with Crippen LogP contribution < -0.4 is 5.32 Å². The summed E-state index contributed by atoms with van der Waals surface area (Å²) in [6, 6.07) is 7.67. The molecule has 0 unspecified atom stereocenters. The zero-order valence-electron chi connectivity index (χ0n) is 15.8. The molecule has 1 atom stereocenters. The number of hydrogen-bond acceptors (Lipinski definition) is 5. The van der Waals surface area contributed by atoms with Crippen molar-refractivity contribution in [1.82, 2.24) is 9.80 Å². The number of carbonyl (C=O) groups excluding carboxylic acids is 1. The number of hydrogen-bond donors (Lipinski definition) is 1. The molecular weight excluding hydrogens is 346 g/mol. The number of benzene rings is 1. The molecule has 2 saturated heterocycles. The number of urea groups is 1. The van der Waals surface area contributed by atoms with Gasteiger partial charge in [0.25, 0.3) is 0 Å². The lowest BCUT2D eigenvalue weighted by Crippen LogP contribution is -2.46. The van der Waals surface area contributed by atoms with Crippen LogP contribution in [0.1, 0.15) is 12.2 Å². The second-order valence-electron chi connectivity index (χ2n) is 7.22. The van der Waals surface area contributed by atoms with Crippen LogP contribution in [0.2, 0.25) is 0 Å². The topological polar surface area (TPSA) is 67.2 Å². The Morgan fingerprint density at radius 3 is 2.93 bits per heavy atom. The fourth-order valence-electron chi connectivity index (χ4n) is 3.75. The Morgan fingerprint density at radius 2 is 2.07 bits per heavy atom. The maximum Gasteiger partial charge on any atom is 0.322 e. The Hall–Kier alpha value is -2.09. The van der Waals surface area contributed by atoms with Gasteiger partial charge in [-0.2, -0.15) is 0 Å². The van der Waals surface area contributed by atoms with E-state index in [1.807, 2.05) is 36.1 Å². The monoisotopic (exact) mass is 373 g/mol. The Balaban J connectivity index is 1.42. The minimum atomic E-state index is -0.103. The summed E-state index contributed by atoms with van der Waals surface area (Å²) in [4.78, 5) is 17.1. The third-order valence-corrected chi connectivity index (χ3v) is 5.11. The van der Waals surface area contributed by atoms with Crippen molar-refractivity contribution < 1.29 is 18.7 Å². The van der Waals surface area contributed by atoms with Gasteiger partial charge in [0, 0.05) is 44.7 Å². The average Bonchev–Trinajstić information content (AvgIpc) is 2.90. The van der Waals surface area contributed by atoms with Crippen LogP contribution in [0.3, 0.4) is 0 Å². The molecule has 7 nitrogen and oxygen atoms in total. The fourth-order valence-corrected chi connectivity index (χ4v) is 3.75. The van der Waals surface area contributed by atoms with Crippen molar-refractivity contribution in [3.63, 3.8) is 0 Å². The van der Waals surface area contributed by atoms with Crippen LogP contribution in [0, 0.1) is 6.92 Å². The smallest absolute Gasteiger partial charge is 0.322 e. The fraction of sp³-hybridized carbons (Fsp3) is 0.550. The molecule has 0 aliphatic carbocycles. The molecule has 1 N–H and O–H groups in total. The van der Waals surface area contributed by atoms with E-state index in [1.165, 1.54) is 0 Å². The third-order valence-electron chi connectivity index (χ3n) is 5.11. The van der Waals surface area contributed by atoms with Gasteiger partial charge < -0.3 is 24.1 Å². The molecule has 7 heteroatoms. The van der Waals surface area contributed by atoms with Crippen LogP contribution in [0.4, 0.5) is 10.5 Å². The number of furan rings is 1. The Morgan fingerprint density at radius 1 is 1.22 bits per heavy atom. The molecule has 0 bridgehead atoms. The molecule has 2 aromatic rings. The van der Waals surface area contributed by atoms with Crippen molar-refractivity contribution in [3.05, 3.63) is 30.0 Å². The highest BCUT2D eigenvalue weighted by atomic mass is 16.5. The Labute approximate surface area is 159 Å².